The Balaban J connectivity index is 5.10. The number of allylic oxidation sites excluding steroid dienone is 2. The zero-order valence-corrected chi connectivity index (χ0v) is 12.2. The third-order valence-corrected chi connectivity index (χ3v) is 2.65. The van der Waals surface area contributed by atoms with Gasteiger partial charge in [-0.15, -0.1) is 0 Å². The van der Waals surface area contributed by atoms with Crippen LogP contribution in [0.3, 0.4) is 0 Å². The van der Waals surface area contributed by atoms with E-state index in [-0.39, 0.29) is 25.7 Å². The first-order chi connectivity index (χ1) is 8.62. The second-order valence-corrected chi connectivity index (χ2v) is 4.23. The van der Waals surface area contributed by atoms with Gasteiger partial charge in [-0.1, -0.05) is 24.6 Å². The molecule has 0 bridgehead atoms. The molecule has 0 aromatic carbocycles. The molecule has 0 saturated carbocycles. The van der Waals surface area contributed by atoms with Crippen molar-refractivity contribution in [3.05, 3.63) is 23.3 Å². The second-order valence-electron chi connectivity index (χ2n) is 4.23. The SMILES string of the molecule is CC=CC(=C(C)C)C(OCOC)C(CC)OCN. The van der Waals surface area contributed by atoms with E-state index in [2.05, 4.69) is 26.8 Å². The minimum atomic E-state index is -0.153. The average Bonchev–Trinajstić information content (AvgIpc) is 2.35. The zero-order chi connectivity index (χ0) is 14.0. The van der Waals surface area contributed by atoms with Gasteiger partial charge in [-0.05, 0) is 32.8 Å². The zero-order valence-electron chi connectivity index (χ0n) is 12.2. The summed E-state index contributed by atoms with van der Waals surface area (Å²) in [5.41, 5.74) is 7.80. The van der Waals surface area contributed by atoms with E-state index in [4.69, 9.17) is 19.9 Å². The monoisotopic (exact) mass is 257 g/mol. The lowest BCUT2D eigenvalue weighted by molar-refractivity contribution is -0.113. The van der Waals surface area contributed by atoms with Crippen LogP contribution in [0.25, 0.3) is 0 Å². The molecule has 4 nitrogen and oxygen atoms in total. The number of ether oxygens (including phenoxy) is 3. The van der Waals surface area contributed by atoms with Crippen LogP contribution in [0.4, 0.5) is 0 Å². The van der Waals surface area contributed by atoms with Crippen LogP contribution in [0.2, 0.25) is 0 Å². The summed E-state index contributed by atoms with van der Waals surface area (Å²) in [6, 6.07) is 0. The number of nitrogens with two attached hydrogens (primary N) is 1. The van der Waals surface area contributed by atoms with Crippen molar-refractivity contribution in [2.75, 3.05) is 20.6 Å². The molecular weight excluding hydrogens is 230 g/mol. The molecule has 2 atom stereocenters. The highest BCUT2D eigenvalue weighted by molar-refractivity contribution is 5.28. The molecule has 4 heteroatoms. The van der Waals surface area contributed by atoms with Crippen molar-refractivity contribution in [2.24, 2.45) is 5.73 Å². The quantitative estimate of drug-likeness (QED) is 0.509. The lowest BCUT2D eigenvalue weighted by atomic mass is 9.98. The molecule has 0 aromatic rings. The van der Waals surface area contributed by atoms with Crippen molar-refractivity contribution in [1.29, 1.82) is 0 Å². The summed E-state index contributed by atoms with van der Waals surface area (Å²) in [7, 11) is 1.61. The average molecular weight is 257 g/mol. The Labute approximate surface area is 111 Å². The third-order valence-electron chi connectivity index (χ3n) is 2.65. The van der Waals surface area contributed by atoms with E-state index < -0.39 is 0 Å². The molecule has 0 aliphatic heterocycles. The van der Waals surface area contributed by atoms with E-state index in [9.17, 15) is 0 Å². The molecule has 106 valence electrons. The number of hydrogen-bond acceptors (Lipinski definition) is 4. The van der Waals surface area contributed by atoms with Gasteiger partial charge in [-0.3, -0.25) is 0 Å². The molecule has 0 amide bonds. The topological polar surface area (TPSA) is 53.7 Å². The van der Waals surface area contributed by atoms with Gasteiger partial charge < -0.3 is 19.9 Å². The van der Waals surface area contributed by atoms with Crippen LogP contribution in [0.15, 0.2) is 23.3 Å². The molecule has 2 N–H and O–H groups in total. The summed E-state index contributed by atoms with van der Waals surface area (Å²) in [6.07, 6.45) is 4.67. The highest BCUT2D eigenvalue weighted by atomic mass is 16.7. The van der Waals surface area contributed by atoms with Crippen molar-refractivity contribution in [1.82, 2.24) is 0 Å². The molecular formula is C14H27NO3. The summed E-state index contributed by atoms with van der Waals surface area (Å²) in [6.45, 7) is 8.60. The smallest absolute Gasteiger partial charge is 0.147 e. The van der Waals surface area contributed by atoms with Gasteiger partial charge in [0.2, 0.25) is 0 Å². The molecule has 0 aliphatic carbocycles. The molecule has 0 heterocycles. The van der Waals surface area contributed by atoms with Gasteiger partial charge in [0.05, 0.1) is 12.8 Å². The summed E-state index contributed by atoms with van der Waals surface area (Å²) in [5.74, 6) is 0. The van der Waals surface area contributed by atoms with Gasteiger partial charge in [0.1, 0.15) is 12.9 Å². The second kappa shape index (κ2) is 10.3. The Kier molecular flexibility index (Phi) is 9.87. The van der Waals surface area contributed by atoms with Crippen LogP contribution < -0.4 is 5.73 Å². The van der Waals surface area contributed by atoms with Crippen LogP contribution in [-0.2, 0) is 14.2 Å². The summed E-state index contributed by atoms with van der Waals surface area (Å²) >= 11 is 0. The Morgan fingerprint density at radius 3 is 2.33 bits per heavy atom. The molecule has 0 aromatic heterocycles. The highest BCUT2D eigenvalue weighted by Gasteiger charge is 2.24. The van der Waals surface area contributed by atoms with Gasteiger partial charge in [0.15, 0.2) is 0 Å². The minimum Gasteiger partial charge on any atom is -0.360 e. The van der Waals surface area contributed by atoms with Crippen LogP contribution in [0.1, 0.15) is 34.1 Å². The van der Waals surface area contributed by atoms with E-state index in [1.807, 2.05) is 13.0 Å². The summed E-state index contributed by atoms with van der Waals surface area (Å²) < 4.78 is 16.3. The molecule has 0 aliphatic rings. The maximum absolute atomic E-state index is 5.76. The number of rotatable bonds is 9. The third kappa shape index (κ3) is 5.78. The van der Waals surface area contributed by atoms with Gasteiger partial charge in [-0.2, -0.15) is 0 Å². The lowest BCUT2D eigenvalue weighted by Crippen LogP contribution is -2.35. The van der Waals surface area contributed by atoms with Gasteiger partial charge in [-0.25, -0.2) is 0 Å². The molecule has 0 rings (SSSR count). The maximum Gasteiger partial charge on any atom is 0.147 e. The number of methoxy groups -OCH3 is 1. The fraction of sp³-hybridized carbons (Fsp3) is 0.714. The van der Waals surface area contributed by atoms with Gasteiger partial charge in [0, 0.05) is 7.11 Å². The summed E-state index contributed by atoms with van der Waals surface area (Å²) in [5, 5.41) is 0. The molecule has 2 unspecified atom stereocenters. The van der Waals surface area contributed by atoms with E-state index >= 15 is 0 Å². The standard InChI is InChI=1S/C14H27NO3/c1-6-8-12(11(3)4)14(18-10-16-5)13(7-2)17-9-15/h6,8,13-14H,7,9-10,15H2,1-5H3. The maximum atomic E-state index is 5.76. The first kappa shape index (κ1) is 17.3. The van der Waals surface area contributed by atoms with E-state index in [1.54, 1.807) is 7.11 Å². The Bertz CT molecular complexity index is 270. The van der Waals surface area contributed by atoms with Crippen LogP contribution >= 0.6 is 0 Å². The van der Waals surface area contributed by atoms with Crippen molar-refractivity contribution in [3.63, 3.8) is 0 Å². The predicted molar refractivity (Wildman–Crippen MR) is 74.2 cm³/mol. The van der Waals surface area contributed by atoms with Gasteiger partial charge >= 0.3 is 0 Å². The van der Waals surface area contributed by atoms with Crippen LogP contribution in [0, 0.1) is 0 Å². The van der Waals surface area contributed by atoms with E-state index in [0.717, 1.165) is 12.0 Å². The van der Waals surface area contributed by atoms with Crippen LogP contribution in [-0.4, -0.2) is 32.8 Å². The normalized spacial score (nSPS) is 14.8. The fourth-order valence-electron chi connectivity index (χ4n) is 1.81. The van der Waals surface area contributed by atoms with Crippen LogP contribution in [0.5, 0.6) is 0 Å². The largest absolute Gasteiger partial charge is 0.360 e. The van der Waals surface area contributed by atoms with E-state index in [1.165, 1.54) is 5.57 Å². The minimum absolute atomic E-state index is 0.0637. The first-order valence-corrected chi connectivity index (χ1v) is 6.34. The Morgan fingerprint density at radius 2 is 1.94 bits per heavy atom. The molecule has 18 heavy (non-hydrogen) atoms. The fourth-order valence-corrected chi connectivity index (χ4v) is 1.81. The van der Waals surface area contributed by atoms with Crippen molar-refractivity contribution in [3.8, 4) is 0 Å². The Morgan fingerprint density at radius 1 is 1.28 bits per heavy atom. The molecule has 0 saturated heterocycles. The van der Waals surface area contributed by atoms with Crippen molar-refractivity contribution < 1.29 is 14.2 Å². The van der Waals surface area contributed by atoms with E-state index in [0.29, 0.717) is 0 Å². The number of hydrogen-bond donors (Lipinski definition) is 1. The van der Waals surface area contributed by atoms with Crippen molar-refractivity contribution >= 4 is 0 Å². The molecule has 0 spiro atoms. The van der Waals surface area contributed by atoms with Crippen molar-refractivity contribution in [2.45, 2.75) is 46.3 Å². The lowest BCUT2D eigenvalue weighted by Gasteiger charge is -2.28. The van der Waals surface area contributed by atoms with Gasteiger partial charge in [0.25, 0.3) is 0 Å². The first-order valence-electron chi connectivity index (χ1n) is 6.34. The molecule has 0 radical (unpaired) electrons. The predicted octanol–water partition coefficient (Wildman–Crippen LogP) is 2.60. The summed E-state index contributed by atoms with van der Waals surface area (Å²) in [4.78, 5) is 0. The Hall–Kier alpha value is -0.680. The highest BCUT2D eigenvalue weighted by Crippen LogP contribution is 2.21. The molecule has 0 fully saturated rings.